The SMILES string of the molecule is CS[C@](C)(I)C(F)F. The molecule has 0 fully saturated rings. The molecule has 0 radical (unpaired) electrons. The van der Waals surface area contributed by atoms with Crippen LogP contribution in [0.2, 0.25) is 0 Å². The number of halogens is 3. The van der Waals surface area contributed by atoms with E-state index in [9.17, 15) is 8.78 Å². The van der Waals surface area contributed by atoms with Gasteiger partial charge in [-0.1, -0.05) is 22.6 Å². The van der Waals surface area contributed by atoms with E-state index in [-0.39, 0.29) is 0 Å². The van der Waals surface area contributed by atoms with Gasteiger partial charge in [0.25, 0.3) is 6.43 Å². The van der Waals surface area contributed by atoms with Crippen LogP contribution in [0.3, 0.4) is 0 Å². The molecule has 0 spiro atoms. The molecule has 0 aliphatic rings. The van der Waals surface area contributed by atoms with Crippen molar-refractivity contribution in [3.05, 3.63) is 0 Å². The molecule has 0 N–H and O–H groups in total. The van der Waals surface area contributed by atoms with Crippen molar-refractivity contribution in [2.75, 3.05) is 6.26 Å². The molecule has 0 bridgehead atoms. The van der Waals surface area contributed by atoms with E-state index in [0.29, 0.717) is 0 Å². The zero-order valence-electron chi connectivity index (χ0n) is 4.62. The molecule has 0 aromatic heterocycles. The van der Waals surface area contributed by atoms with Crippen molar-refractivity contribution in [2.45, 2.75) is 16.1 Å². The molecular formula is C4H7F2IS. The monoisotopic (exact) mass is 252 g/mol. The van der Waals surface area contributed by atoms with Gasteiger partial charge in [-0.05, 0) is 13.2 Å². The van der Waals surface area contributed by atoms with E-state index in [1.54, 1.807) is 28.8 Å². The number of hydrogen-bond donors (Lipinski definition) is 0. The van der Waals surface area contributed by atoms with Gasteiger partial charge in [0.1, 0.15) is 2.75 Å². The predicted octanol–water partition coefficient (Wildman–Crippen LogP) is 2.77. The highest BCUT2D eigenvalue weighted by molar-refractivity contribution is 14.1. The summed E-state index contributed by atoms with van der Waals surface area (Å²) in [5.41, 5.74) is 0. The molecule has 8 heavy (non-hydrogen) atoms. The number of thioether (sulfide) groups is 1. The first kappa shape index (κ1) is 8.94. The molecule has 0 saturated carbocycles. The topological polar surface area (TPSA) is 0 Å². The van der Waals surface area contributed by atoms with Crippen LogP contribution in [0.25, 0.3) is 0 Å². The molecular weight excluding hydrogens is 245 g/mol. The zero-order valence-corrected chi connectivity index (χ0v) is 7.59. The third-order valence-electron chi connectivity index (χ3n) is 0.789. The molecule has 0 aliphatic carbocycles. The highest BCUT2D eigenvalue weighted by Gasteiger charge is 2.30. The number of alkyl halides is 3. The lowest BCUT2D eigenvalue weighted by molar-refractivity contribution is 0.145. The Labute approximate surface area is 65.6 Å². The summed E-state index contributed by atoms with van der Waals surface area (Å²) in [6.07, 6.45) is -0.559. The van der Waals surface area contributed by atoms with Gasteiger partial charge in [0.15, 0.2) is 0 Å². The fraction of sp³-hybridized carbons (Fsp3) is 1.00. The molecule has 0 aromatic carbocycles. The van der Waals surface area contributed by atoms with E-state index in [0.717, 1.165) is 0 Å². The summed E-state index contributed by atoms with van der Waals surface area (Å²) in [6.45, 7) is 1.52. The van der Waals surface area contributed by atoms with Crippen molar-refractivity contribution in [1.82, 2.24) is 0 Å². The smallest absolute Gasteiger partial charge is 0.208 e. The van der Waals surface area contributed by atoms with E-state index < -0.39 is 9.18 Å². The van der Waals surface area contributed by atoms with Crippen LogP contribution >= 0.6 is 34.4 Å². The minimum absolute atomic E-state index is 0.905. The maximum absolute atomic E-state index is 11.8. The van der Waals surface area contributed by atoms with Gasteiger partial charge in [-0.3, -0.25) is 0 Å². The molecule has 0 nitrogen and oxygen atoms in total. The maximum atomic E-state index is 11.8. The van der Waals surface area contributed by atoms with Crippen molar-refractivity contribution < 1.29 is 8.78 Å². The number of hydrogen-bond acceptors (Lipinski definition) is 1. The standard InChI is InChI=1S/C4H7F2IS/c1-4(7,8-2)3(5)6/h3H,1-2H3/t4-/m0/s1. The minimum atomic E-state index is -2.24. The van der Waals surface area contributed by atoms with Gasteiger partial charge in [0.05, 0.1) is 0 Å². The van der Waals surface area contributed by atoms with Crippen molar-refractivity contribution in [3.8, 4) is 0 Å². The quantitative estimate of drug-likeness (QED) is 0.538. The molecule has 0 unspecified atom stereocenters. The van der Waals surface area contributed by atoms with Crippen LogP contribution in [0.5, 0.6) is 0 Å². The normalized spacial score (nSPS) is 18.8. The van der Waals surface area contributed by atoms with Gasteiger partial charge in [-0.25, -0.2) is 8.78 Å². The van der Waals surface area contributed by atoms with Crippen LogP contribution in [0.4, 0.5) is 8.78 Å². The second-order valence-corrected chi connectivity index (χ2v) is 5.72. The molecule has 0 aromatic rings. The molecule has 1 atom stereocenters. The van der Waals surface area contributed by atoms with E-state index in [1.165, 1.54) is 18.7 Å². The Morgan fingerprint density at radius 2 is 2.00 bits per heavy atom. The largest absolute Gasteiger partial charge is 0.261 e. The summed E-state index contributed by atoms with van der Waals surface area (Å²) in [5.74, 6) is 0. The Hall–Kier alpha value is 0.940. The average Bonchev–Trinajstić information content (AvgIpc) is 1.67. The van der Waals surface area contributed by atoms with Gasteiger partial charge in [-0.2, -0.15) is 0 Å². The van der Waals surface area contributed by atoms with E-state index in [2.05, 4.69) is 0 Å². The second kappa shape index (κ2) is 3.20. The van der Waals surface area contributed by atoms with Gasteiger partial charge in [0.2, 0.25) is 0 Å². The van der Waals surface area contributed by atoms with Crippen LogP contribution < -0.4 is 0 Å². The third kappa shape index (κ3) is 2.48. The summed E-state index contributed by atoms with van der Waals surface area (Å²) >= 11 is 2.91. The van der Waals surface area contributed by atoms with Crippen molar-refractivity contribution in [1.29, 1.82) is 0 Å². The maximum Gasteiger partial charge on any atom is 0.261 e. The van der Waals surface area contributed by atoms with Gasteiger partial charge < -0.3 is 0 Å². The van der Waals surface area contributed by atoms with Crippen LogP contribution in [-0.4, -0.2) is 15.4 Å². The second-order valence-electron chi connectivity index (χ2n) is 1.49. The van der Waals surface area contributed by atoms with Crippen LogP contribution in [0.15, 0.2) is 0 Å². The van der Waals surface area contributed by atoms with Gasteiger partial charge >= 0.3 is 0 Å². The molecule has 4 heteroatoms. The highest BCUT2D eigenvalue weighted by Crippen LogP contribution is 2.35. The highest BCUT2D eigenvalue weighted by atomic mass is 127. The van der Waals surface area contributed by atoms with Crippen LogP contribution in [0.1, 0.15) is 6.92 Å². The lowest BCUT2D eigenvalue weighted by Crippen LogP contribution is -2.20. The van der Waals surface area contributed by atoms with Crippen molar-refractivity contribution in [2.24, 2.45) is 0 Å². The molecule has 0 rings (SSSR count). The van der Waals surface area contributed by atoms with E-state index >= 15 is 0 Å². The molecule has 50 valence electrons. The average molecular weight is 252 g/mol. The predicted molar refractivity (Wildman–Crippen MR) is 41.9 cm³/mol. The first-order valence-corrected chi connectivity index (χ1v) is 4.33. The van der Waals surface area contributed by atoms with Gasteiger partial charge in [0, 0.05) is 0 Å². The zero-order chi connectivity index (χ0) is 6.78. The fourth-order valence-corrected chi connectivity index (χ4v) is 0.267. The Kier molecular flexibility index (Phi) is 3.57. The Morgan fingerprint density at radius 1 is 1.62 bits per heavy atom. The Balaban J connectivity index is 3.71. The third-order valence-corrected chi connectivity index (χ3v) is 3.56. The summed E-state index contributed by atoms with van der Waals surface area (Å²) < 4.78 is 22.7. The van der Waals surface area contributed by atoms with E-state index in [1.807, 2.05) is 0 Å². The first-order chi connectivity index (χ1) is 3.50. The lowest BCUT2D eigenvalue weighted by atomic mass is 10.5. The number of rotatable bonds is 2. The molecule has 0 heterocycles. The molecule has 0 amide bonds. The Bertz CT molecular complexity index is 74.4. The summed E-state index contributed by atoms with van der Waals surface area (Å²) in [6, 6.07) is 0. The van der Waals surface area contributed by atoms with Crippen LogP contribution in [0, 0.1) is 0 Å². The molecule has 0 aliphatic heterocycles. The fourth-order valence-electron chi connectivity index (χ4n) is 0.0891. The summed E-state index contributed by atoms with van der Waals surface area (Å²) in [7, 11) is 0. The molecule has 0 saturated heterocycles. The van der Waals surface area contributed by atoms with Gasteiger partial charge in [-0.15, -0.1) is 11.8 Å². The first-order valence-electron chi connectivity index (χ1n) is 2.03. The van der Waals surface area contributed by atoms with Crippen molar-refractivity contribution >= 4 is 34.4 Å². The summed E-state index contributed by atoms with van der Waals surface area (Å²) in [5, 5.41) is 0. The lowest BCUT2D eigenvalue weighted by Gasteiger charge is -2.17. The van der Waals surface area contributed by atoms with Crippen LogP contribution in [-0.2, 0) is 0 Å². The van der Waals surface area contributed by atoms with Crippen molar-refractivity contribution in [3.63, 3.8) is 0 Å². The Morgan fingerprint density at radius 3 is 2.00 bits per heavy atom. The summed E-state index contributed by atoms with van der Waals surface area (Å²) in [4.78, 5) is 0. The van der Waals surface area contributed by atoms with E-state index in [4.69, 9.17) is 0 Å². The minimum Gasteiger partial charge on any atom is -0.208 e.